The molecule has 0 amide bonds. The molecule has 1 atom stereocenters. The second kappa shape index (κ2) is 7.22. The Morgan fingerprint density at radius 1 is 0.950 bits per heavy atom. The van der Waals surface area contributed by atoms with Crippen molar-refractivity contribution >= 4 is 0 Å². The van der Waals surface area contributed by atoms with Gasteiger partial charge in [-0.15, -0.1) is 0 Å². The second-order valence-electron chi connectivity index (χ2n) is 5.14. The Morgan fingerprint density at radius 3 is 2.10 bits per heavy atom. The first kappa shape index (κ1) is 14.8. The minimum atomic E-state index is -0.309. The summed E-state index contributed by atoms with van der Waals surface area (Å²) < 4.78 is 5.86. The van der Waals surface area contributed by atoms with Crippen molar-refractivity contribution in [1.82, 2.24) is 0 Å². The molecule has 0 radical (unpaired) electrons. The molecule has 0 aliphatic heterocycles. The van der Waals surface area contributed by atoms with E-state index in [-0.39, 0.29) is 12.0 Å². The van der Waals surface area contributed by atoms with E-state index < -0.39 is 0 Å². The van der Waals surface area contributed by atoms with Gasteiger partial charge < -0.3 is 9.84 Å². The van der Waals surface area contributed by atoms with Crippen LogP contribution in [0.15, 0.2) is 60.7 Å². The molecule has 20 heavy (non-hydrogen) atoms. The summed E-state index contributed by atoms with van der Waals surface area (Å²) in [6.07, 6.45) is 0.850. The maximum Gasteiger partial charge on any atom is 0.0717 e. The van der Waals surface area contributed by atoms with Crippen molar-refractivity contribution in [3.8, 4) is 0 Å². The maximum absolute atomic E-state index is 9.85. The lowest BCUT2D eigenvalue weighted by Crippen LogP contribution is -2.35. The van der Waals surface area contributed by atoms with E-state index in [4.69, 9.17) is 4.74 Å². The zero-order valence-corrected chi connectivity index (χ0v) is 12.0. The average molecular weight is 270 g/mol. The molecule has 2 heteroatoms. The molecule has 0 aromatic heterocycles. The van der Waals surface area contributed by atoms with Crippen LogP contribution in [0.25, 0.3) is 0 Å². The van der Waals surface area contributed by atoms with Crippen molar-refractivity contribution < 1.29 is 9.84 Å². The zero-order valence-electron chi connectivity index (χ0n) is 12.0. The van der Waals surface area contributed by atoms with Gasteiger partial charge in [0, 0.05) is 5.41 Å². The third-order valence-electron chi connectivity index (χ3n) is 3.86. The van der Waals surface area contributed by atoms with Crippen LogP contribution in [0.5, 0.6) is 0 Å². The van der Waals surface area contributed by atoms with E-state index in [1.165, 1.54) is 0 Å². The van der Waals surface area contributed by atoms with Crippen LogP contribution in [0.1, 0.15) is 24.5 Å². The Morgan fingerprint density at radius 2 is 1.55 bits per heavy atom. The number of benzene rings is 2. The summed E-state index contributed by atoms with van der Waals surface area (Å²) in [5.41, 5.74) is 1.98. The molecule has 0 aliphatic carbocycles. The molecule has 1 unspecified atom stereocenters. The third-order valence-corrected chi connectivity index (χ3v) is 3.86. The predicted octanol–water partition coefficient (Wildman–Crippen LogP) is 3.54. The summed E-state index contributed by atoms with van der Waals surface area (Å²) in [7, 11) is 0. The van der Waals surface area contributed by atoms with E-state index >= 15 is 0 Å². The second-order valence-corrected chi connectivity index (χ2v) is 5.14. The molecular formula is C18H22O2. The fraction of sp³-hybridized carbons (Fsp3) is 0.333. The van der Waals surface area contributed by atoms with Crippen LogP contribution in [0.3, 0.4) is 0 Å². The molecular weight excluding hydrogens is 248 g/mol. The number of ether oxygens (including phenoxy) is 1. The highest BCUT2D eigenvalue weighted by atomic mass is 16.5. The van der Waals surface area contributed by atoms with E-state index in [1.54, 1.807) is 0 Å². The van der Waals surface area contributed by atoms with Gasteiger partial charge in [-0.2, -0.15) is 0 Å². The monoisotopic (exact) mass is 270 g/mol. The molecule has 0 saturated carbocycles. The van der Waals surface area contributed by atoms with Gasteiger partial charge in [0.2, 0.25) is 0 Å². The average Bonchev–Trinajstić information content (AvgIpc) is 2.54. The molecule has 0 bridgehead atoms. The predicted molar refractivity (Wildman–Crippen MR) is 81.6 cm³/mol. The minimum absolute atomic E-state index is 0.0995. The minimum Gasteiger partial charge on any atom is -0.395 e. The van der Waals surface area contributed by atoms with Crippen molar-refractivity contribution in [3.63, 3.8) is 0 Å². The third kappa shape index (κ3) is 3.47. The van der Waals surface area contributed by atoms with Gasteiger partial charge in [-0.1, -0.05) is 67.6 Å². The first-order valence-electron chi connectivity index (χ1n) is 7.09. The van der Waals surface area contributed by atoms with E-state index in [0.717, 1.165) is 17.5 Å². The highest BCUT2D eigenvalue weighted by Crippen LogP contribution is 2.28. The highest BCUT2D eigenvalue weighted by Gasteiger charge is 2.29. The molecule has 0 spiro atoms. The summed E-state index contributed by atoms with van der Waals surface area (Å²) >= 11 is 0. The van der Waals surface area contributed by atoms with Crippen molar-refractivity contribution in [3.05, 3.63) is 71.8 Å². The topological polar surface area (TPSA) is 29.5 Å². The van der Waals surface area contributed by atoms with Crippen LogP contribution in [0.2, 0.25) is 0 Å². The maximum atomic E-state index is 9.85. The lowest BCUT2D eigenvalue weighted by Gasteiger charge is -2.31. The lowest BCUT2D eigenvalue weighted by atomic mass is 9.79. The summed E-state index contributed by atoms with van der Waals surface area (Å²) in [4.78, 5) is 0. The van der Waals surface area contributed by atoms with Gasteiger partial charge in [0.25, 0.3) is 0 Å². The molecule has 0 heterocycles. The molecule has 2 nitrogen and oxygen atoms in total. The largest absolute Gasteiger partial charge is 0.395 e. The lowest BCUT2D eigenvalue weighted by molar-refractivity contribution is 0.0398. The van der Waals surface area contributed by atoms with Gasteiger partial charge in [0.1, 0.15) is 0 Å². The van der Waals surface area contributed by atoms with Gasteiger partial charge >= 0.3 is 0 Å². The molecule has 0 fully saturated rings. The standard InChI is InChI=1S/C18H22O2/c1-2-18(14-19,17-11-7-4-8-12-17)15-20-13-16-9-5-3-6-10-16/h3-12,19H,2,13-15H2,1H3. The van der Waals surface area contributed by atoms with Gasteiger partial charge in [-0.05, 0) is 17.5 Å². The normalized spacial score (nSPS) is 13.9. The molecule has 1 N–H and O–H groups in total. The van der Waals surface area contributed by atoms with Crippen LogP contribution in [0, 0.1) is 0 Å². The Labute approximate surface area is 121 Å². The van der Waals surface area contributed by atoms with Crippen LogP contribution in [-0.2, 0) is 16.8 Å². The molecule has 2 aromatic rings. The van der Waals surface area contributed by atoms with E-state index in [2.05, 4.69) is 31.2 Å². The first-order valence-corrected chi connectivity index (χ1v) is 7.09. The van der Waals surface area contributed by atoms with Gasteiger partial charge in [-0.3, -0.25) is 0 Å². The fourth-order valence-electron chi connectivity index (χ4n) is 2.37. The summed E-state index contributed by atoms with van der Waals surface area (Å²) in [6, 6.07) is 20.2. The highest BCUT2D eigenvalue weighted by molar-refractivity contribution is 5.25. The molecule has 106 valence electrons. The number of aliphatic hydroxyl groups is 1. The van der Waals surface area contributed by atoms with Gasteiger partial charge in [0.15, 0.2) is 0 Å². The summed E-state index contributed by atoms with van der Waals surface area (Å²) in [5, 5.41) is 9.85. The van der Waals surface area contributed by atoms with Crippen LogP contribution < -0.4 is 0 Å². The number of hydrogen-bond acceptors (Lipinski definition) is 2. The Hall–Kier alpha value is -1.64. The van der Waals surface area contributed by atoms with E-state index in [9.17, 15) is 5.11 Å². The van der Waals surface area contributed by atoms with Crippen LogP contribution in [0.4, 0.5) is 0 Å². The van der Waals surface area contributed by atoms with Crippen molar-refractivity contribution in [2.45, 2.75) is 25.4 Å². The van der Waals surface area contributed by atoms with Crippen molar-refractivity contribution in [1.29, 1.82) is 0 Å². The molecule has 0 aliphatic rings. The fourth-order valence-corrected chi connectivity index (χ4v) is 2.37. The summed E-state index contributed by atoms with van der Waals surface area (Å²) in [6.45, 7) is 3.30. The first-order chi connectivity index (χ1) is 9.80. The number of rotatable bonds is 7. The summed E-state index contributed by atoms with van der Waals surface area (Å²) in [5.74, 6) is 0. The molecule has 2 rings (SSSR count). The SMILES string of the molecule is CCC(CO)(COCc1ccccc1)c1ccccc1. The van der Waals surface area contributed by atoms with Crippen molar-refractivity contribution in [2.75, 3.05) is 13.2 Å². The number of aliphatic hydroxyl groups excluding tert-OH is 1. The quantitative estimate of drug-likeness (QED) is 0.834. The zero-order chi connectivity index (χ0) is 14.3. The smallest absolute Gasteiger partial charge is 0.0717 e. The van der Waals surface area contributed by atoms with E-state index in [0.29, 0.717) is 13.2 Å². The molecule has 0 saturated heterocycles. The van der Waals surface area contributed by atoms with E-state index in [1.807, 2.05) is 36.4 Å². The van der Waals surface area contributed by atoms with Crippen LogP contribution >= 0.6 is 0 Å². The number of hydrogen-bond donors (Lipinski definition) is 1. The van der Waals surface area contributed by atoms with Gasteiger partial charge in [-0.25, -0.2) is 0 Å². The van der Waals surface area contributed by atoms with Gasteiger partial charge in [0.05, 0.1) is 19.8 Å². The van der Waals surface area contributed by atoms with Crippen LogP contribution in [-0.4, -0.2) is 18.3 Å². The Balaban J connectivity index is 2.03. The van der Waals surface area contributed by atoms with Crippen molar-refractivity contribution in [2.24, 2.45) is 0 Å². The Kier molecular flexibility index (Phi) is 5.33. The molecule has 2 aromatic carbocycles. The Bertz CT molecular complexity index is 489.